The minimum atomic E-state index is -4.87. The molecule has 0 saturated carbocycles. The molecule has 2 fully saturated rings. The Hall–Kier alpha value is -6.90. The fraction of sp³-hybridized carbons (Fsp3) is 0.716. The van der Waals surface area contributed by atoms with Crippen LogP contribution < -0.4 is 25.0 Å². The Kier molecular flexibility index (Phi) is 36.3. The summed E-state index contributed by atoms with van der Waals surface area (Å²) in [6.45, 7) is 34.7. The third kappa shape index (κ3) is 33.3. The highest BCUT2D eigenvalue weighted by Crippen LogP contribution is 2.35. The average Bonchev–Trinajstić information content (AvgIpc) is 0.779. The molecule has 3 aromatic heterocycles. The number of ether oxygens (including phenoxy) is 10. The molecule has 2 aliphatic rings. The fourth-order valence-electron chi connectivity index (χ4n) is 11.5. The number of nitrogens with zero attached hydrogens (tertiary/aromatic N) is 9. The first-order valence-electron chi connectivity index (χ1n) is 36.5. The summed E-state index contributed by atoms with van der Waals surface area (Å²) < 4.78 is 99.9. The number of carbonyl (C=O) groups is 6. The summed E-state index contributed by atoms with van der Waals surface area (Å²) in [4.78, 5) is 106. The van der Waals surface area contributed by atoms with Crippen LogP contribution >= 0.6 is 0 Å². The number of anilines is 1. The highest BCUT2D eigenvalue weighted by atomic mass is 19.4. The predicted molar refractivity (Wildman–Crippen MR) is 386 cm³/mol. The molecule has 586 valence electrons. The number of alkyl halides is 3. The van der Waals surface area contributed by atoms with Gasteiger partial charge in [-0.3, -0.25) is 48.4 Å². The molecule has 0 aliphatic carbocycles. The Morgan fingerprint density at radius 2 is 1.10 bits per heavy atom. The zero-order chi connectivity index (χ0) is 76.7. The fourth-order valence-corrected chi connectivity index (χ4v) is 11.5. The number of carbonyl (C=O) groups excluding carboxylic acids is 6. The van der Waals surface area contributed by atoms with Crippen molar-refractivity contribution in [3.05, 3.63) is 59.5 Å². The third-order valence-corrected chi connectivity index (χ3v) is 16.1. The Balaban J connectivity index is 1.06. The second kappa shape index (κ2) is 43.0. The van der Waals surface area contributed by atoms with E-state index in [2.05, 4.69) is 25.5 Å². The van der Waals surface area contributed by atoms with Crippen LogP contribution in [0.25, 0.3) is 11.3 Å². The summed E-state index contributed by atoms with van der Waals surface area (Å²) >= 11 is 0. The van der Waals surface area contributed by atoms with Crippen molar-refractivity contribution in [2.24, 2.45) is 0 Å². The summed E-state index contributed by atoms with van der Waals surface area (Å²) in [5.74, 6) is -2.56. The van der Waals surface area contributed by atoms with E-state index in [1.165, 1.54) is 11.0 Å². The Labute approximate surface area is 613 Å². The van der Waals surface area contributed by atoms with Gasteiger partial charge in [0.2, 0.25) is 17.7 Å². The molecule has 1 unspecified atom stereocenters. The number of amides is 2. The number of pyridine rings is 3. The highest BCUT2D eigenvalue weighted by Gasteiger charge is 2.41. The molecule has 2 saturated heterocycles. The summed E-state index contributed by atoms with van der Waals surface area (Å²) in [6, 6.07) is 8.91. The van der Waals surface area contributed by atoms with Crippen molar-refractivity contribution in [2.75, 3.05) is 176 Å². The average molecular weight is 1470 g/mol. The second-order valence-corrected chi connectivity index (χ2v) is 29.5. The van der Waals surface area contributed by atoms with Gasteiger partial charge in [-0.05, 0) is 153 Å². The van der Waals surface area contributed by atoms with Crippen LogP contribution in [-0.4, -0.2) is 280 Å². The molecule has 5 heterocycles. The molecule has 3 aromatic rings. The number of nitrogens with one attached hydrogen (secondary N) is 2. The number of halogens is 3. The van der Waals surface area contributed by atoms with Crippen molar-refractivity contribution < 1.29 is 89.3 Å². The van der Waals surface area contributed by atoms with E-state index in [0.717, 1.165) is 23.0 Å². The summed E-state index contributed by atoms with van der Waals surface area (Å²) in [6.07, 6.45) is -1.82. The maximum Gasteiger partial charge on any atom is 0.434 e. The summed E-state index contributed by atoms with van der Waals surface area (Å²) in [7, 11) is 0. The van der Waals surface area contributed by atoms with Crippen LogP contribution in [0.2, 0.25) is 0 Å². The van der Waals surface area contributed by atoms with E-state index in [0.29, 0.717) is 130 Å². The van der Waals surface area contributed by atoms with E-state index in [-0.39, 0.29) is 103 Å². The zero-order valence-electron chi connectivity index (χ0n) is 64.3. The zero-order valence-corrected chi connectivity index (χ0v) is 64.3. The van der Waals surface area contributed by atoms with Gasteiger partial charge in [-0.15, -0.1) is 0 Å². The number of hydrogen-bond acceptors (Lipinski definition) is 25. The molecule has 2 aliphatic heterocycles. The smallest absolute Gasteiger partial charge is 0.434 e. The largest absolute Gasteiger partial charge is 0.478 e. The molecule has 2 atom stereocenters. The molecule has 0 aromatic carbocycles. The van der Waals surface area contributed by atoms with Crippen molar-refractivity contribution in [1.29, 1.82) is 0 Å². The van der Waals surface area contributed by atoms with E-state index in [1.54, 1.807) is 96.2 Å². The Morgan fingerprint density at radius 1 is 0.577 bits per heavy atom. The van der Waals surface area contributed by atoms with Gasteiger partial charge in [-0.1, -0.05) is 6.92 Å². The standard InChI is InChI=1S/C74H118F3N11O16/c1-16-54-50-87(68(93)56-22-27-62(99-17-2)82-66(56)74(75,76)77)39-40-88(54)59-24-23-57(55-21-19-29-80-67(55)100-18-3)81-58(59)49-78-28-20-41-95-43-45-97-47-48-98-46-44-96-42-30-79-61(89)26-25-60(69(94)104-73(13,14)15)86-37-35-84(52-64(91)102-71(7,8)9)33-31-83(51-63(90)101-70(4,5)6)32-34-85(36-38-86)53-65(92)103-72(10,11)12/h19,21-24,27,29,54,60,78H,16-18,20,25-26,28,30-53H2,1-15H3,(H,79,89)/t54-,60?/m1/s1. The lowest BCUT2D eigenvalue weighted by atomic mass is 10.0. The van der Waals surface area contributed by atoms with Crippen molar-refractivity contribution >= 4 is 41.4 Å². The van der Waals surface area contributed by atoms with Crippen LogP contribution in [-0.2, 0) is 74.6 Å². The van der Waals surface area contributed by atoms with Crippen molar-refractivity contribution in [1.82, 2.24) is 50.1 Å². The summed E-state index contributed by atoms with van der Waals surface area (Å²) in [5, 5.41) is 6.40. The van der Waals surface area contributed by atoms with Crippen LogP contribution in [0.15, 0.2) is 42.6 Å². The van der Waals surface area contributed by atoms with E-state index < -0.39 is 75.7 Å². The quantitative estimate of drug-likeness (QED) is 0.0321. The number of piperazine rings is 1. The number of hydrogen-bond donors (Lipinski definition) is 2. The van der Waals surface area contributed by atoms with Gasteiger partial charge in [-0.2, -0.15) is 13.2 Å². The topological polar surface area (TPSA) is 277 Å². The SMILES string of the molecule is CCOc1ccc(C(=O)N2CCN(c3ccc(-c4cccnc4OCC)nc3CNCCCOCCOCCOCCOCCNC(=O)CCC(C(=O)OC(C)(C)C)N3CCN(CC(=O)OC(C)(C)C)CCN(CC(=O)OC(C)(C)C)CCN(CC(=O)OC(C)(C)C)CC3)[C@H](CC)C2)c(C(F)(F)F)n1. The molecule has 104 heavy (non-hydrogen) atoms. The van der Waals surface area contributed by atoms with E-state index in [1.807, 2.05) is 57.7 Å². The van der Waals surface area contributed by atoms with Crippen LogP contribution in [0.3, 0.4) is 0 Å². The molecule has 2 N–H and O–H groups in total. The normalized spacial score (nSPS) is 16.4. The van der Waals surface area contributed by atoms with Gasteiger partial charge < -0.3 is 67.8 Å². The molecule has 27 nitrogen and oxygen atoms in total. The monoisotopic (exact) mass is 1470 g/mol. The Morgan fingerprint density at radius 3 is 1.61 bits per heavy atom. The first-order chi connectivity index (χ1) is 49.0. The van der Waals surface area contributed by atoms with Crippen LogP contribution in [0, 0.1) is 0 Å². The number of aromatic nitrogens is 3. The molecular formula is C74H118F3N11O16. The molecule has 0 spiro atoms. The predicted octanol–water partition coefficient (Wildman–Crippen LogP) is 7.50. The van der Waals surface area contributed by atoms with Gasteiger partial charge in [0.1, 0.15) is 28.4 Å². The maximum atomic E-state index is 14.3. The minimum absolute atomic E-state index is 0.0134. The molecular weight excluding hydrogens is 1360 g/mol. The lowest BCUT2D eigenvalue weighted by Gasteiger charge is -2.43. The van der Waals surface area contributed by atoms with Crippen LogP contribution in [0.4, 0.5) is 18.9 Å². The van der Waals surface area contributed by atoms with Gasteiger partial charge in [0.15, 0.2) is 5.69 Å². The van der Waals surface area contributed by atoms with Gasteiger partial charge in [0, 0.05) is 116 Å². The molecule has 0 bridgehead atoms. The number of esters is 4. The first-order valence-corrected chi connectivity index (χ1v) is 36.5. The maximum absolute atomic E-state index is 14.3. The van der Waals surface area contributed by atoms with Gasteiger partial charge in [-0.25, -0.2) is 15.0 Å². The van der Waals surface area contributed by atoms with Gasteiger partial charge >= 0.3 is 30.1 Å². The van der Waals surface area contributed by atoms with E-state index in [9.17, 15) is 41.9 Å². The minimum Gasteiger partial charge on any atom is -0.478 e. The molecule has 0 radical (unpaired) electrons. The van der Waals surface area contributed by atoms with E-state index >= 15 is 0 Å². The van der Waals surface area contributed by atoms with Crippen molar-refractivity contribution in [3.8, 4) is 23.0 Å². The first kappa shape index (κ1) is 87.7. The molecule has 5 rings (SSSR count). The lowest BCUT2D eigenvalue weighted by molar-refractivity contribution is -0.163. The van der Waals surface area contributed by atoms with Crippen molar-refractivity contribution in [3.63, 3.8) is 0 Å². The molecule has 30 heteroatoms. The summed E-state index contributed by atoms with van der Waals surface area (Å²) in [5.41, 5.74) is -1.86. The number of rotatable bonds is 37. The molecule has 2 amide bonds. The van der Waals surface area contributed by atoms with Gasteiger partial charge in [0.25, 0.3) is 5.91 Å². The third-order valence-electron chi connectivity index (χ3n) is 16.1. The highest BCUT2D eigenvalue weighted by molar-refractivity contribution is 5.96. The van der Waals surface area contributed by atoms with Gasteiger partial charge in [0.05, 0.1) is 107 Å². The van der Waals surface area contributed by atoms with Crippen molar-refractivity contribution in [2.45, 2.75) is 177 Å². The van der Waals surface area contributed by atoms with Crippen LogP contribution in [0.1, 0.15) is 151 Å². The van der Waals surface area contributed by atoms with Crippen LogP contribution in [0.5, 0.6) is 11.8 Å². The van der Waals surface area contributed by atoms with E-state index in [4.69, 9.17) is 52.4 Å². The second-order valence-electron chi connectivity index (χ2n) is 29.5. The Bertz CT molecular complexity index is 3100. The lowest BCUT2D eigenvalue weighted by Crippen LogP contribution is -2.55.